The molecule has 0 fully saturated rings. The first-order chi connectivity index (χ1) is 15.5. The third kappa shape index (κ3) is 4.72. The standard InChI is InChI=1S/C23H20N2O7/c1-14(21(26)24-12-15-8-9-18-20(11-15)31-13-30-18)32-23(28)16-5-2-3-6-17(16)25-22(27)19-7-4-10-29-19/h2-11,14H,12-13H2,1H3,(H,24,26)(H,25,27). The molecule has 0 bridgehead atoms. The van der Waals surface area contributed by atoms with E-state index >= 15 is 0 Å². The molecule has 0 aliphatic carbocycles. The van der Waals surface area contributed by atoms with Gasteiger partial charge in [0, 0.05) is 6.54 Å². The summed E-state index contributed by atoms with van der Waals surface area (Å²) in [6, 6.07) is 14.8. The minimum Gasteiger partial charge on any atom is -0.459 e. The van der Waals surface area contributed by atoms with Crippen molar-refractivity contribution < 1.29 is 33.0 Å². The Hall–Kier alpha value is -4.27. The zero-order chi connectivity index (χ0) is 22.5. The third-order valence-electron chi connectivity index (χ3n) is 4.70. The number of benzene rings is 2. The highest BCUT2D eigenvalue weighted by Gasteiger charge is 2.22. The Morgan fingerprint density at radius 2 is 1.84 bits per heavy atom. The number of furan rings is 1. The Labute approximate surface area is 183 Å². The summed E-state index contributed by atoms with van der Waals surface area (Å²) in [6.07, 6.45) is 0.323. The largest absolute Gasteiger partial charge is 0.459 e. The van der Waals surface area contributed by atoms with Gasteiger partial charge < -0.3 is 29.3 Å². The van der Waals surface area contributed by atoms with E-state index in [1.54, 1.807) is 36.4 Å². The van der Waals surface area contributed by atoms with Crippen LogP contribution in [0, 0.1) is 0 Å². The fourth-order valence-corrected chi connectivity index (χ4v) is 3.02. The summed E-state index contributed by atoms with van der Waals surface area (Å²) < 4.78 is 20.9. The van der Waals surface area contributed by atoms with Crippen molar-refractivity contribution >= 4 is 23.5 Å². The highest BCUT2D eigenvalue weighted by atomic mass is 16.7. The maximum absolute atomic E-state index is 12.6. The van der Waals surface area contributed by atoms with Gasteiger partial charge in [-0.3, -0.25) is 9.59 Å². The number of hydrogen-bond acceptors (Lipinski definition) is 7. The van der Waals surface area contributed by atoms with Crippen LogP contribution in [-0.2, 0) is 16.1 Å². The molecule has 4 rings (SSSR count). The van der Waals surface area contributed by atoms with Crippen LogP contribution in [0.25, 0.3) is 0 Å². The van der Waals surface area contributed by atoms with Gasteiger partial charge >= 0.3 is 5.97 Å². The predicted molar refractivity (Wildman–Crippen MR) is 112 cm³/mol. The molecule has 1 aliphatic rings. The average Bonchev–Trinajstić information content (AvgIpc) is 3.49. The Morgan fingerprint density at radius 3 is 2.66 bits per heavy atom. The zero-order valence-electron chi connectivity index (χ0n) is 17.1. The maximum atomic E-state index is 12.6. The van der Waals surface area contributed by atoms with Crippen LogP contribution in [0.2, 0.25) is 0 Å². The van der Waals surface area contributed by atoms with Gasteiger partial charge in [0.15, 0.2) is 23.4 Å². The number of carbonyl (C=O) groups is 3. The van der Waals surface area contributed by atoms with E-state index in [9.17, 15) is 14.4 Å². The molecule has 1 aliphatic heterocycles. The van der Waals surface area contributed by atoms with E-state index in [0.29, 0.717) is 11.5 Å². The first-order valence-electron chi connectivity index (χ1n) is 9.82. The zero-order valence-corrected chi connectivity index (χ0v) is 17.1. The molecule has 0 saturated carbocycles. The highest BCUT2D eigenvalue weighted by molar-refractivity contribution is 6.06. The van der Waals surface area contributed by atoms with Gasteiger partial charge in [-0.05, 0) is 48.9 Å². The average molecular weight is 436 g/mol. The smallest absolute Gasteiger partial charge is 0.341 e. The number of ether oxygens (including phenoxy) is 3. The van der Waals surface area contributed by atoms with E-state index in [2.05, 4.69) is 10.6 Å². The van der Waals surface area contributed by atoms with Crippen LogP contribution >= 0.6 is 0 Å². The number of esters is 1. The van der Waals surface area contributed by atoms with Gasteiger partial charge in [0.2, 0.25) is 6.79 Å². The number of nitrogens with one attached hydrogen (secondary N) is 2. The number of para-hydroxylation sites is 1. The van der Waals surface area contributed by atoms with Crippen molar-refractivity contribution in [3.05, 3.63) is 77.7 Å². The van der Waals surface area contributed by atoms with Gasteiger partial charge in [-0.2, -0.15) is 0 Å². The van der Waals surface area contributed by atoms with Gasteiger partial charge in [-0.25, -0.2) is 4.79 Å². The molecule has 0 radical (unpaired) electrons. The molecule has 9 heteroatoms. The van der Waals surface area contributed by atoms with Crippen LogP contribution in [0.1, 0.15) is 33.4 Å². The number of carbonyl (C=O) groups excluding carboxylic acids is 3. The van der Waals surface area contributed by atoms with E-state index in [0.717, 1.165) is 5.56 Å². The summed E-state index contributed by atoms with van der Waals surface area (Å²) in [7, 11) is 0. The molecular formula is C23H20N2O7. The molecule has 164 valence electrons. The molecule has 1 aromatic heterocycles. The van der Waals surface area contributed by atoms with Crippen molar-refractivity contribution in [1.29, 1.82) is 0 Å². The van der Waals surface area contributed by atoms with E-state index in [1.807, 2.05) is 6.07 Å². The number of rotatable bonds is 7. The minimum absolute atomic E-state index is 0.101. The molecule has 2 N–H and O–H groups in total. The quantitative estimate of drug-likeness (QED) is 0.547. The van der Waals surface area contributed by atoms with Gasteiger partial charge in [0.05, 0.1) is 17.5 Å². The lowest BCUT2D eigenvalue weighted by Crippen LogP contribution is -2.35. The molecule has 0 saturated heterocycles. The van der Waals surface area contributed by atoms with Crippen LogP contribution in [-0.4, -0.2) is 30.7 Å². The Bertz CT molecular complexity index is 1140. The van der Waals surface area contributed by atoms with Crippen molar-refractivity contribution in [1.82, 2.24) is 5.32 Å². The molecule has 2 aromatic carbocycles. The molecule has 1 atom stereocenters. The number of anilines is 1. The second kappa shape index (κ2) is 9.25. The molecule has 2 heterocycles. The van der Waals surface area contributed by atoms with Crippen molar-refractivity contribution in [3.63, 3.8) is 0 Å². The minimum atomic E-state index is -1.05. The van der Waals surface area contributed by atoms with Crippen LogP contribution in [0.15, 0.2) is 65.3 Å². The fourth-order valence-electron chi connectivity index (χ4n) is 3.02. The number of amides is 2. The summed E-state index contributed by atoms with van der Waals surface area (Å²) in [5.74, 6) is -0.349. The Kier molecular flexibility index (Phi) is 6.07. The summed E-state index contributed by atoms with van der Waals surface area (Å²) in [4.78, 5) is 37.3. The van der Waals surface area contributed by atoms with Crippen molar-refractivity contribution in [2.45, 2.75) is 19.6 Å². The summed E-state index contributed by atoms with van der Waals surface area (Å²) >= 11 is 0. The van der Waals surface area contributed by atoms with Crippen LogP contribution in [0.5, 0.6) is 11.5 Å². The first-order valence-corrected chi connectivity index (χ1v) is 9.82. The molecular weight excluding hydrogens is 416 g/mol. The fraction of sp³-hybridized carbons (Fsp3) is 0.174. The predicted octanol–water partition coefficient (Wildman–Crippen LogP) is 3.12. The Morgan fingerprint density at radius 1 is 1.03 bits per heavy atom. The number of fused-ring (bicyclic) bond motifs is 1. The molecule has 32 heavy (non-hydrogen) atoms. The summed E-state index contributed by atoms with van der Waals surface area (Å²) in [5.41, 5.74) is 1.17. The van der Waals surface area contributed by atoms with E-state index in [-0.39, 0.29) is 30.3 Å². The van der Waals surface area contributed by atoms with E-state index in [4.69, 9.17) is 18.6 Å². The van der Waals surface area contributed by atoms with Crippen LogP contribution in [0.4, 0.5) is 5.69 Å². The normalized spacial score (nSPS) is 12.7. The lowest BCUT2D eigenvalue weighted by Gasteiger charge is -2.15. The number of hydrogen-bond donors (Lipinski definition) is 2. The SMILES string of the molecule is CC(OC(=O)c1ccccc1NC(=O)c1ccco1)C(=O)NCc1ccc2c(c1)OCO2. The van der Waals surface area contributed by atoms with Crippen molar-refractivity contribution in [2.24, 2.45) is 0 Å². The van der Waals surface area contributed by atoms with E-state index in [1.165, 1.54) is 25.3 Å². The highest BCUT2D eigenvalue weighted by Crippen LogP contribution is 2.32. The van der Waals surface area contributed by atoms with Gasteiger partial charge in [-0.15, -0.1) is 0 Å². The molecule has 2 amide bonds. The monoisotopic (exact) mass is 436 g/mol. The first kappa shape index (κ1) is 21.0. The van der Waals surface area contributed by atoms with Gasteiger partial charge in [-0.1, -0.05) is 18.2 Å². The van der Waals surface area contributed by atoms with Crippen molar-refractivity contribution in [3.8, 4) is 11.5 Å². The second-order valence-electron chi connectivity index (χ2n) is 6.93. The van der Waals surface area contributed by atoms with Crippen molar-refractivity contribution in [2.75, 3.05) is 12.1 Å². The lowest BCUT2D eigenvalue weighted by molar-refractivity contribution is -0.129. The summed E-state index contributed by atoms with van der Waals surface area (Å²) in [5, 5.41) is 5.32. The third-order valence-corrected chi connectivity index (χ3v) is 4.70. The topological polar surface area (TPSA) is 116 Å². The maximum Gasteiger partial charge on any atom is 0.341 e. The van der Waals surface area contributed by atoms with Gasteiger partial charge in [0.1, 0.15) is 0 Å². The van der Waals surface area contributed by atoms with Gasteiger partial charge in [0.25, 0.3) is 11.8 Å². The lowest BCUT2D eigenvalue weighted by atomic mass is 10.1. The molecule has 9 nitrogen and oxygen atoms in total. The van der Waals surface area contributed by atoms with Crippen LogP contribution < -0.4 is 20.1 Å². The summed E-state index contributed by atoms with van der Waals surface area (Å²) in [6.45, 7) is 1.87. The molecule has 0 spiro atoms. The molecule has 1 unspecified atom stereocenters. The van der Waals surface area contributed by atoms with E-state index < -0.39 is 23.9 Å². The van der Waals surface area contributed by atoms with Crippen LogP contribution in [0.3, 0.4) is 0 Å². The Balaban J connectivity index is 1.35. The second-order valence-corrected chi connectivity index (χ2v) is 6.93. The molecule has 3 aromatic rings.